The van der Waals surface area contributed by atoms with Crippen LogP contribution in [0.25, 0.3) is 0 Å². The molecule has 22 heavy (non-hydrogen) atoms. The number of ether oxygens (including phenoxy) is 2. The van der Waals surface area contributed by atoms with Gasteiger partial charge in [0, 0.05) is 0 Å². The van der Waals surface area contributed by atoms with E-state index in [1.54, 1.807) is 0 Å². The molecule has 1 aliphatic heterocycles. The lowest BCUT2D eigenvalue weighted by atomic mass is 9.91. The minimum absolute atomic E-state index is 0.128. The SMILES string of the molecule is C=C1O[C@@H](c2ccccc2CC)[C@H](c2ccccc2CC)O1. The van der Waals surface area contributed by atoms with Crippen LogP contribution in [0.1, 0.15) is 48.3 Å². The zero-order valence-corrected chi connectivity index (χ0v) is 13.2. The molecule has 1 aliphatic rings. The van der Waals surface area contributed by atoms with Gasteiger partial charge in [-0.15, -0.1) is 0 Å². The fourth-order valence-electron chi connectivity index (χ4n) is 3.16. The largest absolute Gasteiger partial charge is 0.453 e. The van der Waals surface area contributed by atoms with Crippen molar-refractivity contribution in [1.29, 1.82) is 0 Å². The second-order valence-electron chi connectivity index (χ2n) is 5.55. The van der Waals surface area contributed by atoms with E-state index in [4.69, 9.17) is 9.47 Å². The normalized spacial score (nSPS) is 20.5. The first-order valence-electron chi connectivity index (χ1n) is 7.92. The van der Waals surface area contributed by atoms with Crippen LogP contribution >= 0.6 is 0 Å². The Bertz CT molecular complexity index is 617. The van der Waals surface area contributed by atoms with Crippen molar-refractivity contribution >= 4 is 0 Å². The van der Waals surface area contributed by atoms with E-state index in [2.05, 4.69) is 69.0 Å². The Morgan fingerprint density at radius 1 is 0.773 bits per heavy atom. The molecule has 0 amide bonds. The van der Waals surface area contributed by atoms with E-state index in [0.29, 0.717) is 5.95 Å². The molecule has 1 heterocycles. The molecule has 114 valence electrons. The lowest BCUT2D eigenvalue weighted by Gasteiger charge is -2.21. The van der Waals surface area contributed by atoms with Crippen LogP contribution in [0, 0.1) is 0 Å². The lowest BCUT2D eigenvalue weighted by Crippen LogP contribution is -2.11. The van der Waals surface area contributed by atoms with Crippen molar-refractivity contribution in [2.75, 3.05) is 0 Å². The number of rotatable bonds is 4. The fourth-order valence-corrected chi connectivity index (χ4v) is 3.16. The maximum absolute atomic E-state index is 5.94. The van der Waals surface area contributed by atoms with Crippen LogP contribution in [0.4, 0.5) is 0 Å². The van der Waals surface area contributed by atoms with Crippen LogP contribution in [0.5, 0.6) is 0 Å². The van der Waals surface area contributed by atoms with Gasteiger partial charge in [-0.25, -0.2) is 0 Å². The van der Waals surface area contributed by atoms with Gasteiger partial charge < -0.3 is 9.47 Å². The molecule has 2 heteroatoms. The van der Waals surface area contributed by atoms with Crippen molar-refractivity contribution in [2.45, 2.75) is 38.9 Å². The Morgan fingerprint density at radius 3 is 1.59 bits per heavy atom. The van der Waals surface area contributed by atoms with Crippen LogP contribution in [0.15, 0.2) is 61.1 Å². The Hall–Kier alpha value is -2.22. The summed E-state index contributed by atoms with van der Waals surface area (Å²) < 4.78 is 11.9. The van der Waals surface area contributed by atoms with E-state index >= 15 is 0 Å². The summed E-state index contributed by atoms with van der Waals surface area (Å²) in [5.74, 6) is 0.409. The van der Waals surface area contributed by atoms with Gasteiger partial charge in [-0.1, -0.05) is 62.4 Å². The smallest absolute Gasteiger partial charge is 0.273 e. The van der Waals surface area contributed by atoms with Gasteiger partial charge in [0.2, 0.25) is 0 Å². The molecule has 1 fully saturated rings. The first-order valence-corrected chi connectivity index (χ1v) is 7.92. The van der Waals surface area contributed by atoms with Gasteiger partial charge in [0.05, 0.1) is 0 Å². The average molecular weight is 294 g/mol. The first kappa shape index (κ1) is 14.7. The second kappa shape index (κ2) is 6.27. The number of aryl methyl sites for hydroxylation is 2. The predicted molar refractivity (Wildman–Crippen MR) is 88.4 cm³/mol. The summed E-state index contributed by atoms with van der Waals surface area (Å²) in [6, 6.07) is 16.8. The Morgan fingerprint density at radius 2 is 1.18 bits per heavy atom. The van der Waals surface area contributed by atoms with Crippen molar-refractivity contribution in [3.8, 4) is 0 Å². The third-order valence-electron chi connectivity index (χ3n) is 4.28. The van der Waals surface area contributed by atoms with Crippen LogP contribution in [-0.2, 0) is 22.3 Å². The molecular formula is C20H22O2. The minimum Gasteiger partial charge on any atom is -0.453 e. The highest BCUT2D eigenvalue weighted by atomic mass is 16.7. The molecule has 2 nitrogen and oxygen atoms in total. The van der Waals surface area contributed by atoms with E-state index < -0.39 is 0 Å². The van der Waals surface area contributed by atoms with Crippen molar-refractivity contribution in [2.24, 2.45) is 0 Å². The van der Waals surface area contributed by atoms with Crippen LogP contribution < -0.4 is 0 Å². The van der Waals surface area contributed by atoms with E-state index in [9.17, 15) is 0 Å². The molecule has 0 N–H and O–H groups in total. The van der Waals surface area contributed by atoms with Gasteiger partial charge in [-0.05, 0) is 41.7 Å². The van der Waals surface area contributed by atoms with Gasteiger partial charge >= 0.3 is 0 Å². The standard InChI is InChI=1S/C20H22O2/c1-4-15-10-6-8-12-17(15)19-20(22-14(3)21-19)18-13-9-7-11-16(18)5-2/h6-13,19-20H,3-5H2,1-2H3/t19-,20-/m0/s1. The molecule has 2 aromatic carbocycles. The van der Waals surface area contributed by atoms with Crippen LogP contribution in [0.3, 0.4) is 0 Å². The van der Waals surface area contributed by atoms with Gasteiger partial charge in [-0.3, -0.25) is 0 Å². The predicted octanol–water partition coefficient (Wildman–Crippen LogP) is 5.11. The average Bonchev–Trinajstić information content (AvgIpc) is 2.96. The van der Waals surface area contributed by atoms with Crippen molar-refractivity contribution in [3.63, 3.8) is 0 Å². The first-order chi connectivity index (χ1) is 10.7. The summed E-state index contributed by atoms with van der Waals surface area (Å²) in [7, 11) is 0. The molecule has 0 saturated carbocycles. The van der Waals surface area contributed by atoms with Crippen LogP contribution in [0.2, 0.25) is 0 Å². The van der Waals surface area contributed by atoms with Gasteiger partial charge in [0.1, 0.15) is 0 Å². The summed E-state index contributed by atoms with van der Waals surface area (Å²) in [4.78, 5) is 0. The Balaban J connectivity index is 2.04. The highest BCUT2D eigenvalue weighted by molar-refractivity contribution is 5.36. The maximum Gasteiger partial charge on any atom is 0.273 e. The zero-order valence-electron chi connectivity index (χ0n) is 13.2. The molecule has 0 spiro atoms. The highest BCUT2D eigenvalue weighted by Gasteiger charge is 2.37. The lowest BCUT2D eigenvalue weighted by molar-refractivity contribution is 0.142. The van der Waals surface area contributed by atoms with Gasteiger partial charge in [0.25, 0.3) is 5.95 Å². The molecule has 3 rings (SSSR count). The van der Waals surface area contributed by atoms with Crippen molar-refractivity contribution < 1.29 is 9.47 Å². The molecule has 0 unspecified atom stereocenters. The molecule has 2 aromatic rings. The third kappa shape index (κ3) is 2.61. The van der Waals surface area contributed by atoms with Crippen molar-refractivity contribution in [1.82, 2.24) is 0 Å². The van der Waals surface area contributed by atoms with Gasteiger partial charge in [0.15, 0.2) is 12.2 Å². The van der Waals surface area contributed by atoms with Gasteiger partial charge in [-0.2, -0.15) is 0 Å². The summed E-state index contributed by atoms with van der Waals surface area (Å²) >= 11 is 0. The molecule has 1 saturated heterocycles. The molecule has 0 aliphatic carbocycles. The van der Waals surface area contributed by atoms with Crippen LogP contribution in [-0.4, -0.2) is 0 Å². The van der Waals surface area contributed by atoms with Crippen molar-refractivity contribution in [3.05, 3.63) is 83.3 Å². The number of hydrogen-bond acceptors (Lipinski definition) is 2. The minimum atomic E-state index is -0.128. The fraction of sp³-hybridized carbons (Fsp3) is 0.300. The number of benzene rings is 2. The number of hydrogen-bond donors (Lipinski definition) is 0. The van der Waals surface area contributed by atoms with E-state index in [1.165, 1.54) is 22.3 Å². The van der Waals surface area contributed by atoms with E-state index in [-0.39, 0.29) is 12.2 Å². The summed E-state index contributed by atoms with van der Waals surface area (Å²) in [6.45, 7) is 8.20. The monoisotopic (exact) mass is 294 g/mol. The third-order valence-corrected chi connectivity index (χ3v) is 4.28. The highest BCUT2D eigenvalue weighted by Crippen LogP contribution is 2.45. The Labute approximate surface area is 132 Å². The summed E-state index contributed by atoms with van der Waals surface area (Å²) in [6.07, 6.45) is 1.70. The molecule has 0 aromatic heterocycles. The molecule has 0 bridgehead atoms. The second-order valence-corrected chi connectivity index (χ2v) is 5.55. The topological polar surface area (TPSA) is 18.5 Å². The summed E-state index contributed by atoms with van der Waals surface area (Å²) in [5, 5.41) is 0. The zero-order chi connectivity index (χ0) is 15.5. The van der Waals surface area contributed by atoms with E-state index in [0.717, 1.165) is 12.8 Å². The Kier molecular flexibility index (Phi) is 4.19. The molecular weight excluding hydrogens is 272 g/mol. The summed E-state index contributed by atoms with van der Waals surface area (Å²) in [5.41, 5.74) is 4.98. The molecule has 0 radical (unpaired) electrons. The van der Waals surface area contributed by atoms with E-state index in [1.807, 2.05) is 0 Å². The quantitative estimate of drug-likeness (QED) is 0.780. The maximum atomic E-state index is 5.94. The molecule has 2 atom stereocenters.